The van der Waals surface area contributed by atoms with E-state index in [1.54, 1.807) is 54.6 Å². The van der Waals surface area contributed by atoms with E-state index in [-0.39, 0.29) is 22.2 Å². The van der Waals surface area contributed by atoms with E-state index in [0.29, 0.717) is 30.1 Å². The number of para-hydroxylation sites is 1. The normalized spacial score (nSPS) is 13.7. The van der Waals surface area contributed by atoms with Crippen molar-refractivity contribution in [3.05, 3.63) is 78.4 Å². The molecular formula is C29H33N3O6S. The third kappa shape index (κ3) is 6.51. The van der Waals surface area contributed by atoms with Crippen LogP contribution < -0.4 is 19.1 Å². The van der Waals surface area contributed by atoms with Gasteiger partial charge >= 0.3 is 0 Å². The van der Waals surface area contributed by atoms with Gasteiger partial charge in [-0.2, -0.15) is 0 Å². The van der Waals surface area contributed by atoms with Gasteiger partial charge in [-0.15, -0.1) is 0 Å². The number of benzene rings is 3. The van der Waals surface area contributed by atoms with Crippen molar-refractivity contribution in [1.82, 2.24) is 4.90 Å². The number of ether oxygens (including phenoxy) is 2. The summed E-state index contributed by atoms with van der Waals surface area (Å²) in [5, 5.41) is 2.77. The smallest absolute Gasteiger partial charge is 0.264 e. The second kappa shape index (κ2) is 12.7. The molecule has 0 unspecified atom stereocenters. The van der Waals surface area contributed by atoms with Crippen molar-refractivity contribution >= 4 is 33.2 Å². The SMILES string of the molecule is COc1ccc(OC)c(N(CC(=O)Nc2ccccc2C(=O)N2CCCCCC2)S(=O)(=O)c2ccccc2)c1. The molecule has 1 saturated heterocycles. The Hall–Kier alpha value is -4.05. The summed E-state index contributed by atoms with van der Waals surface area (Å²) in [6, 6.07) is 19.4. The van der Waals surface area contributed by atoms with Crippen LogP contribution in [-0.2, 0) is 14.8 Å². The molecule has 0 spiro atoms. The van der Waals surface area contributed by atoms with Crippen LogP contribution in [0, 0.1) is 0 Å². The minimum absolute atomic E-state index is 0.0133. The second-order valence-electron chi connectivity index (χ2n) is 9.16. The summed E-state index contributed by atoms with van der Waals surface area (Å²) >= 11 is 0. The van der Waals surface area contributed by atoms with E-state index in [0.717, 1.165) is 30.0 Å². The maximum atomic E-state index is 13.8. The second-order valence-corrected chi connectivity index (χ2v) is 11.0. The summed E-state index contributed by atoms with van der Waals surface area (Å²) in [4.78, 5) is 28.6. The first-order valence-corrected chi connectivity index (χ1v) is 14.3. The molecule has 10 heteroatoms. The Morgan fingerprint density at radius 2 is 1.54 bits per heavy atom. The fourth-order valence-corrected chi connectivity index (χ4v) is 6.00. The van der Waals surface area contributed by atoms with Crippen molar-refractivity contribution in [2.45, 2.75) is 30.6 Å². The molecular weight excluding hydrogens is 518 g/mol. The van der Waals surface area contributed by atoms with Crippen LogP contribution in [0.25, 0.3) is 0 Å². The number of likely N-dealkylation sites (tertiary alicyclic amines) is 1. The highest BCUT2D eigenvalue weighted by atomic mass is 32.2. The molecule has 206 valence electrons. The number of sulfonamides is 1. The molecule has 1 aliphatic rings. The van der Waals surface area contributed by atoms with Gasteiger partial charge in [0.2, 0.25) is 5.91 Å². The lowest BCUT2D eigenvalue weighted by Crippen LogP contribution is -2.39. The van der Waals surface area contributed by atoms with Crippen molar-refractivity contribution in [3.8, 4) is 11.5 Å². The Labute approximate surface area is 229 Å². The van der Waals surface area contributed by atoms with Gasteiger partial charge in [-0.3, -0.25) is 13.9 Å². The molecule has 3 aromatic rings. The molecule has 1 N–H and O–H groups in total. The van der Waals surface area contributed by atoms with Crippen molar-refractivity contribution in [2.24, 2.45) is 0 Å². The Balaban J connectivity index is 1.67. The molecule has 0 aliphatic carbocycles. The van der Waals surface area contributed by atoms with Crippen LogP contribution in [-0.4, -0.2) is 59.0 Å². The van der Waals surface area contributed by atoms with Gasteiger partial charge in [0.1, 0.15) is 18.0 Å². The topological polar surface area (TPSA) is 105 Å². The van der Waals surface area contributed by atoms with E-state index in [1.807, 2.05) is 4.90 Å². The Kier molecular flexibility index (Phi) is 9.08. The van der Waals surface area contributed by atoms with Crippen LogP contribution in [0.4, 0.5) is 11.4 Å². The van der Waals surface area contributed by atoms with Gasteiger partial charge in [0.05, 0.1) is 36.1 Å². The van der Waals surface area contributed by atoms with Crippen molar-refractivity contribution in [1.29, 1.82) is 0 Å². The Bertz CT molecular complexity index is 1400. The number of nitrogens with one attached hydrogen (secondary N) is 1. The Morgan fingerprint density at radius 3 is 2.21 bits per heavy atom. The van der Waals surface area contributed by atoms with E-state index < -0.39 is 22.5 Å². The van der Waals surface area contributed by atoms with Crippen LogP contribution in [0.2, 0.25) is 0 Å². The highest BCUT2D eigenvalue weighted by molar-refractivity contribution is 7.92. The summed E-state index contributed by atoms with van der Waals surface area (Å²) in [5.74, 6) is -0.126. The molecule has 1 fully saturated rings. The van der Waals surface area contributed by atoms with Gasteiger partial charge in [0, 0.05) is 19.2 Å². The third-order valence-electron chi connectivity index (χ3n) is 6.60. The maximum absolute atomic E-state index is 13.8. The van der Waals surface area contributed by atoms with E-state index in [2.05, 4.69) is 5.32 Å². The summed E-state index contributed by atoms with van der Waals surface area (Å²) in [7, 11) is -1.30. The molecule has 4 rings (SSSR count). The van der Waals surface area contributed by atoms with Gasteiger partial charge in [0.25, 0.3) is 15.9 Å². The number of anilines is 2. The van der Waals surface area contributed by atoms with E-state index in [1.165, 1.54) is 32.4 Å². The fourth-order valence-electron chi connectivity index (χ4n) is 4.55. The third-order valence-corrected chi connectivity index (χ3v) is 8.37. The molecule has 0 aromatic heterocycles. The van der Waals surface area contributed by atoms with Crippen molar-refractivity contribution in [2.75, 3.05) is 43.5 Å². The molecule has 2 amide bonds. The molecule has 0 atom stereocenters. The van der Waals surface area contributed by atoms with E-state index in [4.69, 9.17) is 9.47 Å². The van der Waals surface area contributed by atoms with Crippen molar-refractivity contribution in [3.63, 3.8) is 0 Å². The molecule has 0 saturated carbocycles. The number of hydrogen-bond acceptors (Lipinski definition) is 6. The summed E-state index contributed by atoms with van der Waals surface area (Å²) in [6.07, 6.45) is 4.05. The lowest BCUT2D eigenvalue weighted by atomic mass is 10.1. The zero-order valence-corrected chi connectivity index (χ0v) is 22.9. The zero-order chi connectivity index (χ0) is 27.8. The van der Waals surface area contributed by atoms with Gasteiger partial charge in [-0.1, -0.05) is 43.2 Å². The number of rotatable bonds is 9. The van der Waals surface area contributed by atoms with Crippen LogP contribution in [0.1, 0.15) is 36.0 Å². The van der Waals surface area contributed by atoms with Gasteiger partial charge in [0.15, 0.2) is 0 Å². The average molecular weight is 552 g/mol. The van der Waals surface area contributed by atoms with Crippen LogP contribution in [0.3, 0.4) is 0 Å². The summed E-state index contributed by atoms with van der Waals surface area (Å²) in [5.41, 5.74) is 0.834. The lowest BCUT2D eigenvalue weighted by Gasteiger charge is -2.26. The van der Waals surface area contributed by atoms with Gasteiger partial charge in [-0.05, 0) is 49.2 Å². The van der Waals surface area contributed by atoms with Crippen LogP contribution in [0.5, 0.6) is 11.5 Å². The predicted octanol–water partition coefficient (Wildman–Crippen LogP) is 4.55. The number of methoxy groups -OCH3 is 2. The van der Waals surface area contributed by atoms with Crippen LogP contribution in [0.15, 0.2) is 77.7 Å². The van der Waals surface area contributed by atoms with E-state index in [9.17, 15) is 18.0 Å². The number of hydrogen-bond donors (Lipinski definition) is 1. The first-order valence-electron chi connectivity index (χ1n) is 12.8. The number of carbonyl (C=O) groups excluding carboxylic acids is 2. The summed E-state index contributed by atoms with van der Waals surface area (Å²) in [6.45, 7) is 0.771. The summed E-state index contributed by atoms with van der Waals surface area (Å²) < 4.78 is 39.3. The van der Waals surface area contributed by atoms with Gasteiger partial charge in [-0.25, -0.2) is 8.42 Å². The molecule has 3 aromatic carbocycles. The average Bonchev–Trinajstić information content (AvgIpc) is 3.26. The molecule has 1 heterocycles. The molecule has 1 aliphatic heterocycles. The predicted molar refractivity (Wildman–Crippen MR) is 150 cm³/mol. The van der Waals surface area contributed by atoms with Crippen LogP contribution >= 0.6 is 0 Å². The number of amides is 2. The first kappa shape index (κ1) is 28.0. The fraction of sp³-hybridized carbons (Fsp3) is 0.310. The molecule has 39 heavy (non-hydrogen) atoms. The largest absolute Gasteiger partial charge is 0.497 e. The lowest BCUT2D eigenvalue weighted by molar-refractivity contribution is -0.114. The minimum Gasteiger partial charge on any atom is -0.497 e. The monoisotopic (exact) mass is 551 g/mol. The molecule has 0 bridgehead atoms. The Morgan fingerprint density at radius 1 is 0.872 bits per heavy atom. The molecule has 0 radical (unpaired) electrons. The highest BCUT2D eigenvalue weighted by Crippen LogP contribution is 2.35. The number of nitrogens with zero attached hydrogens (tertiary/aromatic N) is 2. The first-order chi connectivity index (χ1) is 18.8. The minimum atomic E-state index is -4.18. The zero-order valence-electron chi connectivity index (χ0n) is 22.1. The standard InChI is InChI=1S/C29H33N3O6S/c1-37-22-16-17-27(38-2)26(20-22)32(39(35,36)23-12-6-5-7-13-23)21-28(33)30-25-15-9-8-14-24(25)29(34)31-18-10-3-4-11-19-31/h5-9,12-17,20H,3-4,10-11,18-19,21H2,1-2H3,(H,30,33). The quantitative estimate of drug-likeness (QED) is 0.418. The van der Waals surface area contributed by atoms with Gasteiger partial charge < -0.3 is 19.7 Å². The highest BCUT2D eigenvalue weighted by Gasteiger charge is 2.30. The van der Waals surface area contributed by atoms with Crippen molar-refractivity contribution < 1.29 is 27.5 Å². The van der Waals surface area contributed by atoms with E-state index >= 15 is 0 Å². The molecule has 9 nitrogen and oxygen atoms in total. The number of carbonyl (C=O) groups is 2. The maximum Gasteiger partial charge on any atom is 0.264 e.